The van der Waals surface area contributed by atoms with Crippen LogP contribution in [0.3, 0.4) is 0 Å². The quantitative estimate of drug-likeness (QED) is 0.749. The average molecular weight is 226 g/mol. The number of nitrogens with one attached hydrogen (secondary N) is 1. The zero-order valence-corrected chi connectivity index (χ0v) is 11.6. The first-order valence-corrected chi connectivity index (χ1v) is 7.07. The van der Waals surface area contributed by atoms with Gasteiger partial charge < -0.3 is 10.2 Å². The molecule has 0 aromatic rings. The van der Waals surface area contributed by atoms with Gasteiger partial charge in [0.1, 0.15) is 0 Å². The van der Waals surface area contributed by atoms with Crippen LogP contribution in [-0.4, -0.2) is 37.1 Å². The fourth-order valence-electron chi connectivity index (χ4n) is 2.65. The Balaban J connectivity index is 2.19. The van der Waals surface area contributed by atoms with E-state index in [1.54, 1.807) is 0 Å². The van der Waals surface area contributed by atoms with Gasteiger partial charge in [-0.25, -0.2) is 0 Å². The number of hydrogen-bond donors (Lipinski definition) is 1. The van der Waals surface area contributed by atoms with Gasteiger partial charge in [-0.1, -0.05) is 20.8 Å². The third-order valence-corrected chi connectivity index (χ3v) is 3.87. The molecule has 0 unspecified atom stereocenters. The Hall–Kier alpha value is -0.0800. The predicted molar refractivity (Wildman–Crippen MR) is 71.8 cm³/mol. The first-order valence-electron chi connectivity index (χ1n) is 7.07. The van der Waals surface area contributed by atoms with Crippen LogP contribution in [0.15, 0.2) is 0 Å². The highest BCUT2D eigenvalue weighted by Crippen LogP contribution is 2.22. The van der Waals surface area contributed by atoms with Crippen molar-refractivity contribution in [2.45, 2.75) is 65.0 Å². The first-order chi connectivity index (χ1) is 7.63. The molecule has 0 atom stereocenters. The molecule has 0 radical (unpaired) electrons. The van der Waals surface area contributed by atoms with E-state index in [1.165, 1.54) is 38.6 Å². The van der Waals surface area contributed by atoms with E-state index in [0.29, 0.717) is 0 Å². The van der Waals surface area contributed by atoms with Crippen LogP contribution in [0.1, 0.15) is 52.9 Å². The third-order valence-electron chi connectivity index (χ3n) is 3.87. The number of hydrogen-bond acceptors (Lipinski definition) is 2. The molecule has 0 heterocycles. The predicted octanol–water partition coefficient (Wildman–Crippen LogP) is 2.89. The lowest BCUT2D eigenvalue weighted by Gasteiger charge is -2.35. The molecule has 1 aliphatic rings. The van der Waals surface area contributed by atoms with Crippen molar-refractivity contribution in [3.05, 3.63) is 0 Å². The van der Waals surface area contributed by atoms with E-state index in [9.17, 15) is 0 Å². The Kier molecular flexibility index (Phi) is 6.37. The van der Waals surface area contributed by atoms with Crippen LogP contribution in [0.2, 0.25) is 0 Å². The molecule has 1 aliphatic carbocycles. The topological polar surface area (TPSA) is 15.3 Å². The summed E-state index contributed by atoms with van der Waals surface area (Å²) in [7, 11) is 2.31. The molecule has 2 nitrogen and oxygen atoms in total. The van der Waals surface area contributed by atoms with Gasteiger partial charge in [0.15, 0.2) is 0 Å². The molecule has 1 N–H and O–H groups in total. The Morgan fingerprint density at radius 2 is 1.81 bits per heavy atom. The van der Waals surface area contributed by atoms with Crippen molar-refractivity contribution in [1.82, 2.24) is 10.2 Å². The molecule has 1 saturated carbocycles. The van der Waals surface area contributed by atoms with E-state index in [0.717, 1.165) is 24.5 Å². The van der Waals surface area contributed by atoms with E-state index < -0.39 is 0 Å². The fourth-order valence-corrected chi connectivity index (χ4v) is 2.65. The standard InChI is InChI=1S/C14H30N2/c1-5-15-13-6-8-14(9-7-13)16(4)11-10-12(2)3/h12-15H,5-11H2,1-4H3. The second kappa shape index (κ2) is 7.29. The van der Waals surface area contributed by atoms with Crippen molar-refractivity contribution < 1.29 is 0 Å². The second-order valence-electron chi connectivity index (χ2n) is 5.73. The summed E-state index contributed by atoms with van der Waals surface area (Å²) in [5.74, 6) is 0.834. The monoisotopic (exact) mass is 226 g/mol. The lowest BCUT2D eigenvalue weighted by molar-refractivity contribution is 0.168. The molecule has 2 heteroatoms. The largest absolute Gasteiger partial charge is 0.314 e. The molecular formula is C14H30N2. The van der Waals surface area contributed by atoms with Crippen molar-refractivity contribution >= 4 is 0 Å². The summed E-state index contributed by atoms with van der Waals surface area (Å²) in [4.78, 5) is 2.59. The Bertz CT molecular complexity index is 172. The molecule has 0 saturated heterocycles. The van der Waals surface area contributed by atoms with Crippen molar-refractivity contribution in [2.75, 3.05) is 20.1 Å². The van der Waals surface area contributed by atoms with Gasteiger partial charge in [-0.2, -0.15) is 0 Å². The van der Waals surface area contributed by atoms with Crippen LogP contribution in [0.5, 0.6) is 0 Å². The minimum Gasteiger partial charge on any atom is -0.314 e. The van der Waals surface area contributed by atoms with E-state index in [4.69, 9.17) is 0 Å². The lowest BCUT2D eigenvalue weighted by Crippen LogP contribution is -2.41. The molecule has 96 valence electrons. The first kappa shape index (κ1) is 14.0. The maximum atomic E-state index is 3.58. The summed E-state index contributed by atoms with van der Waals surface area (Å²) < 4.78 is 0. The molecule has 0 aromatic carbocycles. The highest BCUT2D eigenvalue weighted by molar-refractivity contribution is 4.81. The van der Waals surface area contributed by atoms with E-state index in [1.807, 2.05) is 0 Å². The van der Waals surface area contributed by atoms with Gasteiger partial charge in [-0.05, 0) is 58.2 Å². The van der Waals surface area contributed by atoms with Crippen molar-refractivity contribution in [2.24, 2.45) is 5.92 Å². The molecule has 0 spiro atoms. The van der Waals surface area contributed by atoms with Crippen LogP contribution in [-0.2, 0) is 0 Å². The zero-order chi connectivity index (χ0) is 12.0. The normalized spacial score (nSPS) is 26.6. The van der Waals surface area contributed by atoms with Crippen molar-refractivity contribution in [3.63, 3.8) is 0 Å². The summed E-state index contributed by atoms with van der Waals surface area (Å²) in [6.45, 7) is 9.24. The highest BCUT2D eigenvalue weighted by Gasteiger charge is 2.23. The maximum Gasteiger partial charge on any atom is 0.00933 e. The minimum absolute atomic E-state index is 0.791. The SMILES string of the molecule is CCNC1CCC(N(C)CCC(C)C)CC1. The van der Waals surface area contributed by atoms with Gasteiger partial charge in [0.2, 0.25) is 0 Å². The van der Waals surface area contributed by atoms with Crippen LogP contribution in [0.4, 0.5) is 0 Å². The van der Waals surface area contributed by atoms with Crippen molar-refractivity contribution in [1.29, 1.82) is 0 Å². The highest BCUT2D eigenvalue weighted by atomic mass is 15.1. The molecule has 1 fully saturated rings. The summed E-state index contributed by atoms with van der Waals surface area (Å²) in [5, 5.41) is 3.58. The van der Waals surface area contributed by atoms with Gasteiger partial charge in [0, 0.05) is 12.1 Å². The molecular weight excluding hydrogens is 196 g/mol. The maximum absolute atomic E-state index is 3.58. The minimum atomic E-state index is 0.791. The van der Waals surface area contributed by atoms with Crippen LogP contribution < -0.4 is 5.32 Å². The third kappa shape index (κ3) is 4.84. The molecule has 0 bridgehead atoms. The summed E-state index contributed by atoms with van der Waals surface area (Å²) >= 11 is 0. The van der Waals surface area contributed by atoms with Gasteiger partial charge in [0.25, 0.3) is 0 Å². The fraction of sp³-hybridized carbons (Fsp3) is 1.00. The van der Waals surface area contributed by atoms with Crippen molar-refractivity contribution in [3.8, 4) is 0 Å². The van der Waals surface area contributed by atoms with Gasteiger partial charge in [-0.3, -0.25) is 0 Å². The zero-order valence-electron chi connectivity index (χ0n) is 11.6. The average Bonchev–Trinajstić information content (AvgIpc) is 2.27. The van der Waals surface area contributed by atoms with E-state index in [2.05, 4.69) is 38.0 Å². The Morgan fingerprint density at radius 3 is 2.31 bits per heavy atom. The van der Waals surface area contributed by atoms with Crippen LogP contribution in [0.25, 0.3) is 0 Å². The number of nitrogens with zero attached hydrogens (tertiary/aromatic N) is 1. The summed E-state index contributed by atoms with van der Waals surface area (Å²) in [5.41, 5.74) is 0. The summed E-state index contributed by atoms with van der Waals surface area (Å²) in [6.07, 6.45) is 6.83. The molecule has 16 heavy (non-hydrogen) atoms. The van der Waals surface area contributed by atoms with Crippen LogP contribution >= 0.6 is 0 Å². The molecule has 1 rings (SSSR count). The number of rotatable bonds is 6. The Morgan fingerprint density at radius 1 is 1.19 bits per heavy atom. The second-order valence-corrected chi connectivity index (χ2v) is 5.73. The lowest BCUT2D eigenvalue weighted by atomic mass is 9.90. The van der Waals surface area contributed by atoms with Crippen LogP contribution in [0, 0.1) is 5.92 Å². The molecule has 0 aromatic heterocycles. The van der Waals surface area contributed by atoms with Gasteiger partial charge in [-0.15, -0.1) is 0 Å². The van der Waals surface area contributed by atoms with Gasteiger partial charge >= 0.3 is 0 Å². The Labute approximate surface area is 102 Å². The smallest absolute Gasteiger partial charge is 0.00933 e. The van der Waals surface area contributed by atoms with E-state index >= 15 is 0 Å². The molecule has 0 amide bonds. The molecule has 0 aliphatic heterocycles. The summed E-state index contributed by atoms with van der Waals surface area (Å²) in [6, 6.07) is 1.63. The van der Waals surface area contributed by atoms with Gasteiger partial charge in [0.05, 0.1) is 0 Å². The van der Waals surface area contributed by atoms with E-state index in [-0.39, 0.29) is 0 Å².